The van der Waals surface area contributed by atoms with E-state index in [4.69, 9.17) is 0 Å². The van der Waals surface area contributed by atoms with E-state index in [0.717, 1.165) is 12.1 Å². The SMILES string of the molecule is CC(c1ccccc1C(F)(F)F)c1ccccc1C(F)(F)F. The zero-order valence-corrected chi connectivity index (χ0v) is 11.5. The molecule has 0 heterocycles. The fraction of sp³-hybridized carbons (Fsp3) is 0.250. The van der Waals surface area contributed by atoms with Crippen LogP contribution in [0.25, 0.3) is 0 Å². The van der Waals surface area contributed by atoms with E-state index in [9.17, 15) is 26.3 Å². The van der Waals surface area contributed by atoms with Crippen LogP contribution in [-0.2, 0) is 12.4 Å². The lowest BCUT2D eigenvalue weighted by Crippen LogP contribution is -2.15. The summed E-state index contributed by atoms with van der Waals surface area (Å²) in [7, 11) is 0. The quantitative estimate of drug-likeness (QED) is 0.607. The second-order valence-corrected chi connectivity index (χ2v) is 4.89. The zero-order chi connectivity index (χ0) is 16.5. The van der Waals surface area contributed by atoms with Crippen LogP contribution in [0.15, 0.2) is 48.5 Å². The molecule has 118 valence electrons. The predicted octanol–water partition coefficient (Wildman–Crippen LogP) is 5.88. The lowest BCUT2D eigenvalue weighted by molar-refractivity contribution is -0.138. The van der Waals surface area contributed by atoms with Gasteiger partial charge < -0.3 is 0 Å². The average Bonchev–Trinajstić information content (AvgIpc) is 2.45. The van der Waals surface area contributed by atoms with Gasteiger partial charge in [0.15, 0.2) is 0 Å². The van der Waals surface area contributed by atoms with Crippen molar-refractivity contribution in [2.45, 2.75) is 25.2 Å². The van der Waals surface area contributed by atoms with Crippen molar-refractivity contribution in [1.29, 1.82) is 0 Å². The number of alkyl halides is 6. The highest BCUT2D eigenvalue weighted by molar-refractivity contribution is 5.42. The molecule has 0 saturated carbocycles. The fourth-order valence-electron chi connectivity index (χ4n) is 2.43. The van der Waals surface area contributed by atoms with Crippen molar-refractivity contribution in [2.75, 3.05) is 0 Å². The van der Waals surface area contributed by atoms with Gasteiger partial charge in [0.1, 0.15) is 0 Å². The lowest BCUT2D eigenvalue weighted by Gasteiger charge is -2.22. The molecule has 0 amide bonds. The van der Waals surface area contributed by atoms with Gasteiger partial charge in [-0.3, -0.25) is 0 Å². The molecular formula is C16H12F6. The second-order valence-electron chi connectivity index (χ2n) is 4.89. The summed E-state index contributed by atoms with van der Waals surface area (Å²) in [5.41, 5.74) is -2.18. The topological polar surface area (TPSA) is 0 Å². The van der Waals surface area contributed by atoms with Gasteiger partial charge in [-0.2, -0.15) is 26.3 Å². The van der Waals surface area contributed by atoms with E-state index >= 15 is 0 Å². The number of benzene rings is 2. The van der Waals surface area contributed by atoms with E-state index in [1.165, 1.54) is 43.3 Å². The van der Waals surface area contributed by atoms with Crippen LogP contribution < -0.4 is 0 Å². The maximum Gasteiger partial charge on any atom is 0.416 e. The standard InChI is InChI=1S/C16H12F6/c1-10(11-6-2-4-8-13(11)15(17,18)19)12-7-3-5-9-14(12)16(20,21)22/h2-10H,1H3. The first-order valence-electron chi connectivity index (χ1n) is 6.44. The molecule has 0 atom stereocenters. The molecular weight excluding hydrogens is 306 g/mol. The molecule has 0 saturated heterocycles. The van der Waals surface area contributed by atoms with Crippen LogP contribution in [0.5, 0.6) is 0 Å². The summed E-state index contributed by atoms with van der Waals surface area (Å²) in [4.78, 5) is 0. The Bertz CT molecular complexity index is 597. The number of hydrogen-bond acceptors (Lipinski definition) is 0. The highest BCUT2D eigenvalue weighted by Gasteiger charge is 2.37. The van der Waals surface area contributed by atoms with Gasteiger partial charge in [-0.1, -0.05) is 43.3 Å². The summed E-state index contributed by atoms with van der Waals surface area (Å²) in [6.45, 7) is 1.34. The minimum Gasteiger partial charge on any atom is -0.166 e. The molecule has 0 spiro atoms. The van der Waals surface area contributed by atoms with E-state index < -0.39 is 29.4 Å². The van der Waals surface area contributed by atoms with Crippen LogP contribution in [-0.4, -0.2) is 0 Å². The van der Waals surface area contributed by atoms with Gasteiger partial charge in [-0.15, -0.1) is 0 Å². The van der Waals surface area contributed by atoms with Crippen molar-refractivity contribution in [1.82, 2.24) is 0 Å². The van der Waals surface area contributed by atoms with Crippen LogP contribution in [0.1, 0.15) is 35.1 Å². The fourth-order valence-corrected chi connectivity index (χ4v) is 2.43. The van der Waals surface area contributed by atoms with E-state index in [-0.39, 0.29) is 11.1 Å². The summed E-state index contributed by atoms with van der Waals surface area (Å²) in [6, 6.07) is 9.38. The molecule has 0 nitrogen and oxygen atoms in total. The molecule has 0 aliphatic heterocycles. The van der Waals surface area contributed by atoms with Crippen LogP contribution >= 0.6 is 0 Å². The number of hydrogen-bond donors (Lipinski definition) is 0. The third kappa shape index (κ3) is 3.26. The lowest BCUT2D eigenvalue weighted by atomic mass is 9.86. The number of halogens is 6. The smallest absolute Gasteiger partial charge is 0.166 e. The molecule has 0 N–H and O–H groups in total. The Morgan fingerprint density at radius 3 is 1.27 bits per heavy atom. The number of rotatable bonds is 2. The first kappa shape index (κ1) is 16.4. The third-order valence-corrected chi connectivity index (χ3v) is 3.47. The first-order chi connectivity index (χ1) is 10.1. The van der Waals surface area contributed by atoms with E-state index in [2.05, 4.69) is 0 Å². The normalized spacial score (nSPS) is 12.7. The minimum absolute atomic E-state index is 0.174. The van der Waals surface area contributed by atoms with E-state index in [0.29, 0.717) is 0 Å². The summed E-state index contributed by atoms with van der Waals surface area (Å²) in [5, 5.41) is 0. The second kappa shape index (κ2) is 5.66. The van der Waals surface area contributed by atoms with Crippen LogP contribution in [0.2, 0.25) is 0 Å². The summed E-state index contributed by atoms with van der Waals surface area (Å²) in [6.07, 6.45) is -9.23. The Labute approximate surface area is 123 Å². The summed E-state index contributed by atoms with van der Waals surface area (Å²) < 4.78 is 78.2. The van der Waals surface area contributed by atoms with Crippen LogP contribution in [0.3, 0.4) is 0 Å². The van der Waals surface area contributed by atoms with Crippen molar-refractivity contribution in [3.63, 3.8) is 0 Å². The van der Waals surface area contributed by atoms with Gasteiger partial charge in [0.25, 0.3) is 0 Å². The molecule has 0 bridgehead atoms. The van der Waals surface area contributed by atoms with Gasteiger partial charge >= 0.3 is 12.4 Å². The molecule has 2 aromatic rings. The van der Waals surface area contributed by atoms with Crippen LogP contribution in [0, 0.1) is 0 Å². The highest BCUT2D eigenvalue weighted by atomic mass is 19.4. The van der Waals surface area contributed by atoms with E-state index in [1.54, 1.807) is 0 Å². The maximum atomic E-state index is 13.0. The summed E-state index contributed by atoms with van der Waals surface area (Å²) in [5.74, 6) is -1.03. The van der Waals surface area contributed by atoms with Crippen LogP contribution in [0.4, 0.5) is 26.3 Å². The van der Waals surface area contributed by atoms with Gasteiger partial charge in [-0.25, -0.2) is 0 Å². The molecule has 0 radical (unpaired) electrons. The molecule has 0 fully saturated rings. The summed E-state index contributed by atoms with van der Waals surface area (Å²) >= 11 is 0. The van der Waals surface area contributed by atoms with Crippen molar-refractivity contribution in [3.05, 3.63) is 70.8 Å². The largest absolute Gasteiger partial charge is 0.416 e. The predicted molar refractivity (Wildman–Crippen MR) is 70.4 cm³/mol. The van der Waals surface area contributed by atoms with Gasteiger partial charge in [0.05, 0.1) is 11.1 Å². The monoisotopic (exact) mass is 318 g/mol. The molecule has 0 aromatic heterocycles. The van der Waals surface area contributed by atoms with Crippen molar-refractivity contribution < 1.29 is 26.3 Å². The van der Waals surface area contributed by atoms with Gasteiger partial charge in [-0.05, 0) is 23.3 Å². The maximum absolute atomic E-state index is 13.0. The Morgan fingerprint density at radius 2 is 0.955 bits per heavy atom. The van der Waals surface area contributed by atoms with Crippen molar-refractivity contribution >= 4 is 0 Å². The molecule has 0 aliphatic rings. The molecule has 2 aromatic carbocycles. The molecule has 0 aliphatic carbocycles. The van der Waals surface area contributed by atoms with Gasteiger partial charge in [0.2, 0.25) is 0 Å². The Kier molecular flexibility index (Phi) is 4.22. The molecule has 0 unspecified atom stereocenters. The molecule has 22 heavy (non-hydrogen) atoms. The van der Waals surface area contributed by atoms with Crippen molar-refractivity contribution in [2.24, 2.45) is 0 Å². The Hall–Kier alpha value is -1.98. The first-order valence-corrected chi connectivity index (χ1v) is 6.44. The molecule has 6 heteroatoms. The third-order valence-electron chi connectivity index (χ3n) is 3.47. The Balaban J connectivity index is 2.58. The van der Waals surface area contributed by atoms with E-state index in [1.807, 2.05) is 0 Å². The Morgan fingerprint density at radius 1 is 0.636 bits per heavy atom. The van der Waals surface area contributed by atoms with Crippen molar-refractivity contribution in [3.8, 4) is 0 Å². The average molecular weight is 318 g/mol. The van der Waals surface area contributed by atoms with Gasteiger partial charge in [0, 0.05) is 5.92 Å². The highest BCUT2D eigenvalue weighted by Crippen LogP contribution is 2.41. The zero-order valence-electron chi connectivity index (χ0n) is 11.5. The molecule has 2 rings (SSSR count). The minimum atomic E-state index is -4.61.